The molecule has 12 heteroatoms. The van der Waals surface area contributed by atoms with Crippen molar-refractivity contribution in [1.82, 2.24) is 9.47 Å². The van der Waals surface area contributed by atoms with E-state index in [1.807, 2.05) is 0 Å². The van der Waals surface area contributed by atoms with E-state index < -0.39 is 60.4 Å². The highest BCUT2D eigenvalue weighted by Gasteiger charge is 2.42. The number of carbonyl (C=O) groups is 2. The van der Waals surface area contributed by atoms with Crippen LogP contribution >= 0.6 is 0 Å². The summed E-state index contributed by atoms with van der Waals surface area (Å²) in [5, 5.41) is 9.28. The molecule has 1 aromatic heterocycles. The molecule has 4 rings (SSSR count). The first-order valence-corrected chi connectivity index (χ1v) is 17.3. The Morgan fingerprint density at radius 1 is 1.10 bits per heavy atom. The van der Waals surface area contributed by atoms with Gasteiger partial charge in [0.05, 0.1) is 16.9 Å². The van der Waals surface area contributed by atoms with Crippen molar-refractivity contribution < 1.29 is 37.4 Å². The molecule has 1 amide bonds. The van der Waals surface area contributed by atoms with E-state index >= 15 is 4.39 Å². The van der Waals surface area contributed by atoms with Crippen molar-refractivity contribution in [2.75, 3.05) is 19.8 Å². The highest BCUT2D eigenvalue weighted by molar-refractivity contribution is 6.74. The van der Waals surface area contributed by atoms with E-state index in [9.17, 15) is 23.9 Å². The van der Waals surface area contributed by atoms with E-state index in [2.05, 4.69) is 33.9 Å². The summed E-state index contributed by atoms with van der Waals surface area (Å²) in [6.45, 7) is 16.6. The summed E-state index contributed by atoms with van der Waals surface area (Å²) in [4.78, 5) is 39.4. The minimum absolute atomic E-state index is 0.00558. The molecule has 0 radical (unpaired) electrons. The number of ether oxygens (including phenoxy) is 2. The molecule has 1 saturated heterocycles. The standard InChI is InChI=1S/C30H42F2N2O7Si/c1-29(2,3)41-28(38)34-13-17(15-40-42(7,8)30(4,5)6)11-19(34)16-39-26-23(32)22(31)12-20-24(26)33(18-9-10-18)14-21(25(20)35)27(36)37/h12,14,17-19H,9-11,13,15-16H2,1-8H3,(H,36,37)/t17-,19-/m0/s1. The summed E-state index contributed by atoms with van der Waals surface area (Å²) in [5.74, 6) is -4.56. The van der Waals surface area contributed by atoms with Crippen molar-refractivity contribution in [3.8, 4) is 5.75 Å². The third-order valence-electron chi connectivity index (χ3n) is 8.37. The number of aromatic nitrogens is 1. The molecular formula is C30H42F2N2O7Si. The molecule has 2 heterocycles. The molecule has 2 atom stereocenters. The predicted molar refractivity (Wildman–Crippen MR) is 157 cm³/mol. The summed E-state index contributed by atoms with van der Waals surface area (Å²) in [6, 6.07) is 0.0205. The number of rotatable bonds is 8. The van der Waals surface area contributed by atoms with Gasteiger partial charge >= 0.3 is 12.1 Å². The van der Waals surface area contributed by atoms with Crippen LogP contribution in [0.3, 0.4) is 0 Å². The first kappa shape index (κ1) is 31.9. The summed E-state index contributed by atoms with van der Waals surface area (Å²) in [7, 11) is -2.06. The number of nitrogens with zero attached hydrogens (tertiary/aromatic N) is 2. The molecule has 0 bridgehead atoms. The fourth-order valence-electron chi connectivity index (χ4n) is 4.91. The number of fused-ring (bicyclic) bond motifs is 1. The second kappa shape index (κ2) is 11.3. The van der Waals surface area contributed by atoms with Crippen molar-refractivity contribution >= 4 is 31.3 Å². The zero-order valence-corrected chi connectivity index (χ0v) is 26.7. The highest BCUT2D eigenvalue weighted by Crippen LogP contribution is 2.41. The first-order chi connectivity index (χ1) is 19.3. The van der Waals surface area contributed by atoms with Crippen LogP contribution in [-0.4, -0.2) is 66.4 Å². The van der Waals surface area contributed by atoms with Gasteiger partial charge in [-0.15, -0.1) is 0 Å². The van der Waals surface area contributed by atoms with Gasteiger partial charge in [-0.1, -0.05) is 20.8 Å². The highest BCUT2D eigenvalue weighted by atomic mass is 28.4. The zero-order chi connectivity index (χ0) is 31.4. The Bertz CT molecular complexity index is 1440. The van der Waals surface area contributed by atoms with Gasteiger partial charge < -0.3 is 28.5 Å². The number of carboxylic acids is 1. The molecule has 232 valence electrons. The molecule has 2 fully saturated rings. The molecule has 1 N–H and O–H groups in total. The number of benzene rings is 1. The van der Waals surface area contributed by atoms with Gasteiger partial charge in [0.2, 0.25) is 11.2 Å². The molecule has 0 unspecified atom stereocenters. The van der Waals surface area contributed by atoms with Gasteiger partial charge in [-0.05, 0) is 64.2 Å². The summed E-state index contributed by atoms with van der Waals surface area (Å²) in [5.41, 5.74) is -2.18. The average molecular weight is 609 g/mol. The number of amides is 1. The number of aromatic carboxylic acids is 1. The number of hydrogen-bond acceptors (Lipinski definition) is 6. The third kappa shape index (κ3) is 6.64. The van der Waals surface area contributed by atoms with Gasteiger partial charge in [0.15, 0.2) is 19.9 Å². The Morgan fingerprint density at radius 2 is 1.74 bits per heavy atom. The van der Waals surface area contributed by atoms with Gasteiger partial charge in [0.1, 0.15) is 17.8 Å². The summed E-state index contributed by atoms with van der Waals surface area (Å²) < 4.78 is 49.6. The Labute approximate surface area is 245 Å². The van der Waals surface area contributed by atoms with Crippen molar-refractivity contribution in [2.45, 2.75) is 96.6 Å². The molecule has 1 aliphatic heterocycles. The van der Waals surface area contributed by atoms with Crippen LogP contribution in [-0.2, 0) is 9.16 Å². The minimum Gasteiger partial charge on any atom is -0.486 e. The molecule has 0 spiro atoms. The largest absolute Gasteiger partial charge is 0.486 e. The van der Waals surface area contributed by atoms with E-state index in [1.165, 1.54) is 10.8 Å². The number of carbonyl (C=O) groups excluding carboxylic acids is 1. The lowest BCUT2D eigenvalue weighted by atomic mass is 10.1. The van der Waals surface area contributed by atoms with E-state index in [-0.39, 0.29) is 34.5 Å². The van der Waals surface area contributed by atoms with Crippen LogP contribution in [0.4, 0.5) is 13.6 Å². The zero-order valence-electron chi connectivity index (χ0n) is 25.7. The first-order valence-electron chi connectivity index (χ1n) is 14.4. The number of likely N-dealkylation sites (tertiary alicyclic amines) is 1. The summed E-state index contributed by atoms with van der Waals surface area (Å²) in [6.07, 6.45) is 2.50. The fraction of sp³-hybridized carbons (Fsp3) is 0.633. The quantitative estimate of drug-likeness (QED) is 0.349. The van der Waals surface area contributed by atoms with Crippen LogP contribution in [0.25, 0.3) is 10.9 Å². The molecule has 1 aliphatic carbocycles. The lowest BCUT2D eigenvalue weighted by Crippen LogP contribution is -2.43. The van der Waals surface area contributed by atoms with Gasteiger partial charge in [0.25, 0.3) is 0 Å². The smallest absolute Gasteiger partial charge is 0.410 e. The molecule has 2 aliphatic rings. The van der Waals surface area contributed by atoms with Crippen LogP contribution in [0.2, 0.25) is 18.1 Å². The maximum Gasteiger partial charge on any atom is 0.410 e. The molecule has 2 aromatic rings. The van der Waals surface area contributed by atoms with Crippen molar-refractivity contribution in [1.29, 1.82) is 0 Å². The monoisotopic (exact) mass is 608 g/mol. The Balaban J connectivity index is 1.66. The second-order valence-electron chi connectivity index (χ2n) is 14.0. The van der Waals surface area contributed by atoms with E-state index in [0.29, 0.717) is 32.4 Å². The molecule has 1 aromatic carbocycles. The van der Waals surface area contributed by atoms with Crippen LogP contribution in [0, 0.1) is 17.6 Å². The van der Waals surface area contributed by atoms with Crippen LogP contribution in [0.15, 0.2) is 17.1 Å². The van der Waals surface area contributed by atoms with E-state index in [0.717, 1.165) is 6.07 Å². The van der Waals surface area contributed by atoms with Crippen LogP contribution in [0.5, 0.6) is 5.75 Å². The van der Waals surface area contributed by atoms with Crippen molar-refractivity contribution in [2.24, 2.45) is 5.92 Å². The molecule has 42 heavy (non-hydrogen) atoms. The van der Waals surface area contributed by atoms with Gasteiger partial charge in [-0.2, -0.15) is 4.39 Å². The normalized spacial score (nSPS) is 19.8. The minimum atomic E-state index is -2.06. The Morgan fingerprint density at radius 3 is 2.29 bits per heavy atom. The number of pyridine rings is 1. The number of hydrogen-bond donors (Lipinski definition) is 1. The third-order valence-corrected chi connectivity index (χ3v) is 12.9. The van der Waals surface area contributed by atoms with Crippen LogP contribution in [0.1, 0.15) is 77.2 Å². The maximum atomic E-state index is 15.3. The molecular weight excluding hydrogens is 566 g/mol. The van der Waals surface area contributed by atoms with Gasteiger partial charge in [-0.3, -0.25) is 4.79 Å². The second-order valence-corrected chi connectivity index (χ2v) is 18.8. The molecule has 1 saturated carbocycles. The summed E-state index contributed by atoms with van der Waals surface area (Å²) >= 11 is 0. The fourth-order valence-corrected chi connectivity index (χ4v) is 6.00. The SMILES string of the molecule is CC(C)(C)OC(=O)N1C[C@@H](CO[Si](C)(C)C(C)(C)C)C[C@H]1COc1c(F)c(F)cc2c(=O)c(C(=O)O)cn(C3CC3)c12. The Kier molecular flexibility index (Phi) is 8.56. The maximum absolute atomic E-state index is 15.3. The van der Waals surface area contributed by atoms with E-state index in [1.54, 1.807) is 25.7 Å². The van der Waals surface area contributed by atoms with Crippen molar-refractivity contribution in [3.63, 3.8) is 0 Å². The topological polar surface area (TPSA) is 107 Å². The lowest BCUT2D eigenvalue weighted by Gasteiger charge is -2.37. The van der Waals surface area contributed by atoms with Gasteiger partial charge in [0, 0.05) is 31.3 Å². The van der Waals surface area contributed by atoms with E-state index in [4.69, 9.17) is 13.9 Å². The molecule has 9 nitrogen and oxygen atoms in total. The van der Waals surface area contributed by atoms with Crippen molar-refractivity contribution in [3.05, 3.63) is 39.7 Å². The predicted octanol–water partition coefficient (Wildman–Crippen LogP) is 6.34. The number of carboxylic acid groups (broad SMARTS) is 1. The Hall–Kier alpha value is -2.99. The average Bonchev–Trinajstić information content (AvgIpc) is 3.61. The number of halogens is 2. The van der Waals surface area contributed by atoms with Crippen LogP contribution < -0.4 is 10.2 Å². The van der Waals surface area contributed by atoms with Gasteiger partial charge in [-0.25, -0.2) is 14.0 Å². The lowest BCUT2D eigenvalue weighted by molar-refractivity contribution is 0.0180.